The van der Waals surface area contributed by atoms with Gasteiger partial charge in [-0.15, -0.1) is 0 Å². The summed E-state index contributed by atoms with van der Waals surface area (Å²) in [4.78, 5) is 14.9. The summed E-state index contributed by atoms with van der Waals surface area (Å²) in [6.45, 7) is 1.47. The number of rotatable bonds is 1. The van der Waals surface area contributed by atoms with Gasteiger partial charge in [0.05, 0.1) is 12.8 Å². The van der Waals surface area contributed by atoms with E-state index < -0.39 is 0 Å². The number of fused-ring (bicyclic) bond motifs is 1. The third-order valence-corrected chi connectivity index (χ3v) is 2.77. The SMILES string of the molecule is O=c1cc(C2CCOC2)[nH]c2ccnn12. The number of H-pyrrole nitrogens is 1. The second-order valence-corrected chi connectivity index (χ2v) is 3.75. The Morgan fingerprint density at radius 3 is 3.33 bits per heavy atom. The predicted octanol–water partition coefficient (Wildman–Crippen LogP) is 0.526. The van der Waals surface area contributed by atoms with Gasteiger partial charge in [0.1, 0.15) is 5.65 Å². The van der Waals surface area contributed by atoms with Crippen molar-refractivity contribution in [2.24, 2.45) is 0 Å². The molecule has 0 spiro atoms. The summed E-state index contributed by atoms with van der Waals surface area (Å²) in [6, 6.07) is 3.40. The fourth-order valence-corrected chi connectivity index (χ4v) is 1.95. The second-order valence-electron chi connectivity index (χ2n) is 3.75. The summed E-state index contributed by atoms with van der Waals surface area (Å²) in [5.74, 6) is 0.317. The second kappa shape index (κ2) is 3.20. The highest BCUT2D eigenvalue weighted by Crippen LogP contribution is 2.22. The molecule has 5 nitrogen and oxygen atoms in total. The smallest absolute Gasteiger partial charge is 0.274 e. The third-order valence-electron chi connectivity index (χ3n) is 2.77. The molecule has 0 bridgehead atoms. The van der Waals surface area contributed by atoms with E-state index >= 15 is 0 Å². The normalized spacial score (nSPS) is 21.2. The average Bonchev–Trinajstić information content (AvgIpc) is 2.88. The van der Waals surface area contributed by atoms with E-state index in [0.29, 0.717) is 12.5 Å². The molecule has 0 aromatic carbocycles. The van der Waals surface area contributed by atoms with Gasteiger partial charge in [-0.3, -0.25) is 4.79 Å². The lowest BCUT2D eigenvalue weighted by Crippen LogP contribution is -2.17. The lowest BCUT2D eigenvalue weighted by molar-refractivity contribution is 0.193. The van der Waals surface area contributed by atoms with Gasteiger partial charge in [0, 0.05) is 30.4 Å². The number of aromatic nitrogens is 3. The van der Waals surface area contributed by atoms with Crippen molar-refractivity contribution < 1.29 is 4.74 Å². The Hall–Kier alpha value is -1.62. The minimum absolute atomic E-state index is 0.0874. The largest absolute Gasteiger partial charge is 0.381 e. The van der Waals surface area contributed by atoms with Gasteiger partial charge < -0.3 is 9.72 Å². The summed E-state index contributed by atoms with van der Waals surface area (Å²) >= 11 is 0. The Bertz CT molecular complexity index is 537. The Kier molecular flexibility index (Phi) is 1.85. The Morgan fingerprint density at radius 2 is 2.53 bits per heavy atom. The molecular formula is C10H11N3O2. The fourth-order valence-electron chi connectivity index (χ4n) is 1.95. The van der Waals surface area contributed by atoms with Crippen molar-refractivity contribution in [2.75, 3.05) is 13.2 Å². The van der Waals surface area contributed by atoms with Crippen LogP contribution < -0.4 is 5.56 Å². The molecule has 1 unspecified atom stereocenters. The van der Waals surface area contributed by atoms with E-state index in [-0.39, 0.29) is 5.56 Å². The van der Waals surface area contributed by atoms with Gasteiger partial charge >= 0.3 is 0 Å². The molecule has 1 aliphatic heterocycles. The molecular weight excluding hydrogens is 194 g/mol. The zero-order valence-corrected chi connectivity index (χ0v) is 8.14. The molecule has 78 valence electrons. The minimum atomic E-state index is -0.0874. The minimum Gasteiger partial charge on any atom is -0.381 e. The van der Waals surface area contributed by atoms with Gasteiger partial charge in [-0.2, -0.15) is 9.61 Å². The number of hydrogen-bond acceptors (Lipinski definition) is 3. The van der Waals surface area contributed by atoms with Crippen molar-refractivity contribution >= 4 is 5.65 Å². The summed E-state index contributed by atoms with van der Waals surface area (Å²) in [5.41, 5.74) is 1.60. The average molecular weight is 205 g/mol. The molecule has 2 aromatic heterocycles. The van der Waals surface area contributed by atoms with E-state index in [2.05, 4.69) is 10.1 Å². The predicted molar refractivity (Wildman–Crippen MR) is 54.0 cm³/mol. The quantitative estimate of drug-likeness (QED) is 0.738. The molecule has 0 radical (unpaired) electrons. The summed E-state index contributed by atoms with van der Waals surface area (Å²) in [7, 11) is 0. The highest BCUT2D eigenvalue weighted by atomic mass is 16.5. The number of hydrogen-bond donors (Lipinski definition) is 1. The van der Waals surface area contributed by atoms with E-state index in [1.54, 1.807) is 18.3 Å². The number of aromatic amines is 1. The van der Waals surface area contributed by atoms with Crippen LogP contribution in [0, 0.1) is 0 Å². The lowest BCUT2D eigenvalue weighted by Gasteiger charge is -2.07. The third kappa shape index (κ3) is 1.35. The molecule has 5 heteroatoms. The molecule has 0 aliphatic carbocycles. The monoisotopic (exact) mass is 205 g/mol. The molecule has 1 saturated heterocycles. The van der Waals surface area contributed by atoms with Crippen LogP contribution in [0.15, 0.2) is 23.1 Å². The van der Waals surface area contributed by atoms with Crippen molar-refractivity contribution in [3.8, 4) is 0 Å². The van der Waals surface area contributed by atoms with E-state index in [9.17, 15) is 4.79 Å². The van der Waals surface area contributed by atoms with Crippen LogP contribution in [-0.2, 0) is 4.74 Å². The van der Waals surface area contributed by atoms with Crippen molar-refractivity contribution in [2.45, 2.75) is 12.3 Å². The molecule has 1 N–H and O–H groups in total. The van der Waals surface area contributed by atoms with Crippen LogP contribution in [0.2, 0.25) is 0 Å². The molecule has 0 saturated carbocycles. The van der Waals surface area contributed by atoms with Gasteiger partial charge in [-0.1, -0.05) is 0 Å². The fraction of sp³-hybridized carbons (Fsp3) is 0.400. The summed E-state index contributed by atoms with van der Waals surface area (Å²) in [6.07, 6.45) is 2.59. The maximum atomic E-state index is 11.7. The number of nitrogens with one attached hydrogen (secondary N) is 1. The topological polar surface area (TPSA) is 59.4 Å². The van der Waals surface area contributed by atoms with E-state index in [4.69, 9.17) is 4.74 Å². The van der Waals surface area contributed by atoms with Crippen LogP contribution in [0.4, 0.5) is 0 Å². The van der Waals surface area contributed by atoms with Crippen LogP contribution in [-0.4, -0.2) is 27.8 Å². The molecule has 3 rings (SSSR count). The standard InChI is InChI=1S/C10H11N3O2/c14-10-5-8(7-2-4-15-6-7)12-9-1-3-11-13(9)10/h1,3,5,7,12H,2,4,6H2. The van der Waals surface area contributed by atoms with E-state index in [1.807, 2.05) is 0 Å². The highest BCUT2D eigenvalue weighted by Gasteiger charge is 2.19. The van der Waals surface area contributed by atoms with Crippen molar-refractivity contribution in [1.82, 2.24) is 14.6 Å². The number of ether oxygens (including phenoxy) is 1. The maximum Gasteiger partial charge on any atom is 0.274 e. The number of nitrogens with zero attached hydrogens (tertiary/aromatic N) is 2. The first-order chi connectivity index (χ1) is 7.34. The molecule has 0 amide bonds. The van der Waals surface area contributed by atoms with Crippen LogP contribution in [0.25, 0.3) is 5.65 Å². The van der Waals surface area contributed by atoms with Crippen molar-refractivity contribution in [3.05, 3.63) is 34.4 Å². The molecule has 15 heavy (non-hydrogen) atoms. The first kappa shape index (κ1) is 8.67. The Balaban J connectivity index is 2.15. The first-order valence-corrected chi connectivity index (χ1v) is 4.99. The van der Waals surface area contributed by atoms with Crippen LogP contribution >= 0.6 is 0 Å². The maximum absolute atomic E-state index is 11.7. The van der Waals surface area contributed by atoms with Gasteiger partial charge in [0.15, 0.2) is 0 Å². The lowest BCUT2D eigenvalue weighted by atomic mass is 10.1. The highest BCUT2D eigenvalue weighted by molar-refractivity contribution is 5.37. The van der Waals surface area contributed by atoms with E-state index in [0.717, 1.165) is 24.4 Å². The zero-order chi connectivity index (χ0) is 10.3. The Morgan fingerprint density at radius 1 is 1.60 bits per heavy atom. The van der Waals surface area contributed by atoms with E-state index in [1.165, 1.54) is 4.52 Å². The van der Waals surface area contributed by atoms with Gasteiger partial charge in [0.25, 0.3) is 5.56 Å². The van der Waals surface area contributed by atoms with Crippen LogP contribution in [0.3, 0.4) is 0 Å². The Labute approximate surface area is 85.7 Å². The molecule has 2 aromatic rings. The van der Waals surface area contributed by atoms with Crippen molar-refractivity contribution in [1.29, 1.82) is 0 Å². The van der Waals surface area contributed by atoms with Crippen molar-refractivity contribution in [3.63, 3.8) is 0 Å². The van der Waals surface area contributed by atoms with Crippen LogP contribution in [0.5, 0.6) is 0 Å². The molecule has 1 atom stereocenters. The van der Waals surface area contributed by atoms with Gasteiger partial charge in [0.2, 0.25) is 0 Å². The van der Waals surface area contributed by atoms with Gasteiger partial charge in [-0.25, -0.2) is 0 Å². The zero-order valence-electron chi connectivity index (χ0n) is 8.14. The first-order valence-electron chi connectivity index (χ1n) is 4.99. The molecule has 3 heterocycles. The molecule has 1 fully saturated rings. The summed E-state index contributed by atoms with van der Waals surface area (Å²) < 4.78 is 6.66. The van der Waals surface area contributed by atoms with Crippen LogP contribution in [0.1, 0.15) is 18.0 Å². The van der Waals surface area contributed by atoms with Gasteiger partial charge in [-0.05, 0) is 6.42 Å². The summed E-state index contributed by atoms with van der Waals surface area (Å²) in [5, 5.41) is 3.93. The molecule has 1 aliphatic rings.